The van der Waals surface area contributed by atoms with Crippen molar-refractivity contribution in [2.24, 2.45) is 0 Å². The fourth-order valence-electron chi connectivity index (χ4n) is 1.98. The Labute approximate surface area is 121 Å². The van der Waals surface area contributed by atoms with E-state index in [0.717, 1.165) is 22.2 Å². The van der Waals surface area contributed by atoms with Gasteiger partial charge in [0, 0.05) is 22.8 Å². The maximum Gasteiger partial charge on any atom is 0.248 e. The number of hydrogen-bond donors (Lipinski definition) is 3. The smallest absolute Gasteiger partial charge is 0.248 e. The van der Waals surface area contributed by atoms with Crippen molar-refractivity contribution < 1.29 is 4.79 Å². The summed E-state index contributed by atoms with van der Waals surface area (Å²) in [7, 11) is 0. The molecule has 104 valence electrons. The predicted octanol–water partition coefficient (Wildman–Crippen LogP) is 2.80. The summed E-state index contributed by atoms with van der Waals surface area (Å²) in [6.07, 6.45) is 4.95. The second-order valence-corrected chi connectivity index (χ2v) is 4.66. The van der Waals surface area contributed by atoms with Crippen molar-refractivity contribution in [2.45, 2.75) is 0 Å². The Morgan fingerprint density at radius 1 is 1.19 bits per heavy atom. The van der Waals surface area contributed by atoms with E-state index in [1.165, 1.54) is 6.08 Å². The van der Waals surface area contributed by atoms with E-state index in [1.54, 1.807) is 24.4 Å². The van der Waals surface area contributed by atoms with E-state index < -0.39 is 0 Å². The number of carbonyl (C=O) groups is 1. The van der Waals surface area contributed by atoms with Gasteiger partial charge in [-0.3, -0.25) is 9.89 Å². The highest BCUT2D eigenvalue weighted by atomic mass is 16.1. The van der Waals surface area contributed by atoms with Crippen molar-refractivity contribution >= 4 is 34.3 Å². The third-order valence-corrected chi connectivity index (χ3v) is 3.07. The van der Waals surface area contributed by atoms with Crippen LogP contribution in [-0.2, 0) is 4.79 Å². The lowest BCUT2D eigenvalue weighted by molar-refractivity contribution is -0.111. The largest absolute Gasteiger partial charge is 0.399 e. The average molecular weight is 278 g/mol. The highest BCUT2D eigenvalue weighted by Crippen LogP contribution is 2.16. The third kappa shape index (κ3) is 3.09. The Balaban J connectivity index is 1.69. The maximum atomic E-state index is 11.9. The Kier molecular flexibility index (Phi) is 3.39. The van der Waals surface area contributed by atoms with Crippen LogP contribution in [0, 0.1) is 0 Å². The van der Waals surface area contributed by atoms with Crippen LogP contribution in [0.1, 0.15) is 5.56 Å². The first-order valence-corrected chi connectivity index (χ1v) is 6.48. The van der Waals surface area contributed by atoms with Crippen LogP contribution in [0.3, 0.4) is 0 Å². The van der Waals surface area contributed by atoms with E-state index >= 15 is 0 Å². The number of aromatic amines is 1. The molecule has 0 radical (unpaired) electrons. The van der Waals surface area contributed by atoms with Crippen molar-refractivity contribution in [2.75, 3.05) is 11.1 Å². The van der Waals surface area contributed by atoms with Crippen LogP contribution in [0.5, 0.6) is 0 Å². The van der Waals surface area contributed by atoms with Crippen molar-refractivity contribution in [3.05, 3.63) is 60.3 Å². The van der Waals surface area contributed by atoms with Gasteiger partial charge in [-0.25, -0.2) is 0 Å². The minimum absolute atomic E-state index is 0.185. The number of H-pyrrole nitrogens is 1. The zero-order valence-corrected chi connectivity index (χ0v) is 11.2. The quantitative estimate of drug-likeness (QED) is 0.509. The summed E-state index contributed by atoms with van der Waals surface area (Å²) in [5.41, 5.74) is 8.90. The molecule has 0 atom stereocenters. The Bertz CT molecular complexity index is 803. The van der Waals surface area contributed by atoms with E-state index in [1.807, 2.05) is 30.3 Å². The summed E-state index contributed by atoms with van der Waals surface area (Å²) in [5, 5.41) is 10.6. The summed E-state index contributed by atoms with van der Waals surface area (Å²) in [5.74, 6) is -0.185. The molecule has 0 fully saturated rings. The summed E-state index contributed by atoms with van der Waals surface area (Å²) in [6, 6.07) is 12.9. The average Bonchev–Trinajstić information content (AvgIpc) is 2.94. The second kappa shape index (κ2) is 5.50. The van der Waals surface area contributed by atoms with Gasteiger partial charge in [0.05, 0.1) is 11.7 Å². The number of nitrogens with one attached hydrogen (secondary N) is 2. The number of rotatable bonds is 3. The normalized spacial score (nSPS) is 11.0. The standard InChI is InChI=1S/C16H14N4O/c17-13-4-1-11(2-5-13)3-8-16(21)19-14-6-7-15-12(9-14)10-18-20-15/h1-10H,17H2,(H,18,20)(H,19,21)/b8-3+. The van der Waals surface area contributed by atoms with Crippen molar-refractivity contribution in [3.8, 4) is 0 Å². The third-order valence-electron chi connectivity index (χ3n) is 3.07. The lowest BCUT2D eigenvalue weighted by Crippen LogP contribution is -2.07. The summed E-state index contributed by atoms with van der Waals surface area (Å²) in [6.45, 7) is 0. The van der Waals surface area contributed by atoms with Crippen molar-refractivity contribution in [1.82, 2.24) is 10.2 Å². The molecule has 0 aliphatic carbocycles. The van der Waals surface area contributed by atoms with Gasteiger partial charge >= 0.3 is 0 Å². The molecular formula is C16H14N4O. The fourth-order valence-corrected chi connectivity index (χ4v) is 1.98. The van der Waals surface area contributed by atoms with Crippen LogP contribution in [-0.4, -0.2) is 16.1 Å². The van der Waals surface area contributed by atoms with E-state index in [9.17, 15) is 4.79 Å². The molecule has 0 aliphatic rings. The van der Waals surface area contributed by atoms with Crippen LogP contribution >= 0.6 is 0 Å². The van der Waals surface area contributed by atoms with Gasteiger partial charge in [0.2, 0.25) is 5.91 Å². The lowest BCUT2D eigenvalue weighted by Gasteiger charge is -2.02. The van der Waals surface area contributed by atoms with Crippen LogP contribution in [0.15, 0.2) is 54.7 Å². The molecule has 3 rings (SSSR count). The predicted molar refractivity (Wildman–Crippen MR) is 84.6 cm³/mol. The number of carbonyl (C=O) groups excluding carboxylic acids is 1. The monoisotopic (exact) mass is 278 g/mol. The minimum Gasteiger partial charge on any atom is -0.399 e. The molecule has 1 amide bonds. The number of nitrogens with zero attached hydrogens (tertiary/aromatic N) is 1. The van der Waals surface area contributed by atoms with Crippen LogP contribution in [0.25, 0.3) is 17.0 Å². The van der Waals surface area contributed by atoms with E-state index in [-0.39, 0.29) is 5.91 Å². The van der Waals surface area contributed by atoms with Gasteiger partial charge in [-0.05, 0) is 42.0 Å². The Hall–Kier alpha value is -3.08. The van der Waals surface area contributed by atoms with Crippen molar-refractivity contribution in [1.29, 1.82) is 0 Å². The molecule has 0 aliphatic heterocycles. The molecular weight excluding hydrogens is 264 g/mol. The molecule has 5 heteroatoms. The summed E-state index contributed by atoms with van der Waals surface area (Å²) in [4.78, 5) is 11.9. The van der Waals surface area contributed by atoms with Crippen molar-refractivity contribution in [3.63, 3.8) is 0 Å². The number of nitrogens with two attached hydrogens (primary N) is 1. The van der Waals surface area contributed by atoms with Gasteiger partial charge in [0.15, 0.2) is 0 Å². The molecule has 0 saturated heterocycles. The molecule has 1 heterocycles. The van der Waals surface area contributed by atoms with E-state index in [2.05, 4.69) is 15.5 Å². The first kappa shape index (κ1) is 12.9. The molecule has 0 spiro atoms. The van der Waals surface area contributed by atoms with Gasteiger partial charge in [-0.2, -0.15) is 5.10 Å². The number of aromatic nitrogens is 2. The fraction of sp³-hybridized carbons (Fsp3) is 0. The summed E-state index contributed by atoms with van der Waals surface area (Å²) >= 11 is 0. The van der Waals surface area contributed by atoms with Gasteiger partial charge in [0.1, 0.15) is 0 Å². The SMILES string of the molecule is Nc1ccc(/C=C/C(=O)Nc2ccc3[nH]ncc3c2)cc1. The Morgan fingerprint density at radius 3 is 2.81 bits per heavy atom. The van der Waals surface area contributed by atoms with Gasteiger partial charge < -0.3 is 11.1 Å². The summed E-state index contributed by atoms with van der Waals surface area (Å²) < 4.78 is 0. The first-order valence-electron chi connectivity index (χ1n) is 6.48. The molecule has 2 aromatic carbocycles. The number of fused-ring (bicyclic) bond motifs is 1. The molecule has 0 saturated carbocycles. The van der Waals surface area contributed by atoms with Gasteiger partial charge in [-0.1, -0.05) is 12.1 Å². The second-order valence-electron chi connectivity index (χ2n) is 4.66. The minimum atomic E-state index is -0.185. The molecule has 21 heavy (non-hydrogen) atoms. The zero-order valence-electron chi connectivity index (χ0n) is 11.2. The van der Waals surface area contributed by atoms with E-state index in [0.29, 0.717) is 5.69 Å². The maximum absolute atomic E-state index is 11.9. The highest BCUT2D eigenvalue weighted by molar-refractivity contribution is 6.02. The molecule has 1 aromatic heterocycles. The number of benzene rings is 2. The van der Waals surface area contributed by atoms with Crippen LogP contribution < -0.4 is 11.1 Å². The molecule has 0 bridgehead atoms. The molecule has 0 unspecified atom stereocenters. The van der Waals surface area contributed by atoms with Crippen LogP contribution in [0.2, 0.25) is 0 Å². The number of amides is 1. The molecule has 5 nitrogen and oxygen atoms in total. The Morgan fingerprint density at radius 2 is 2.00 bits per heavy atom. The highest BCUT2D eigenvalue weighted by Gasteiger charge is 2.00. The first-order chi connectivity index (χ1) is 10.2. The van der Waals surface area contributed by atoms with Gasteiger partial charge in [0.25, 0.3) is 0 Å². The molecule has 3 aromatic rings. The topological polar surface area (TPSA) is 83.8 Å². The zero-order chi connectivity index (χ0) is 14.7. The van der Waals surface area contributed by atoms with Crippen LogP contribution in [0.4, 0.5) is 11.4 Å². The van der Waals surface area contributed by atoms with E-state index in [4.69, 9.17) is 5.73 Å². The van der Waals surface area contributed by atoms with Gasteiger partial charge in [-0.15, -0.1) is 0 Å². The lowest BCUT2D eigenvalue weighted by atomic mass is 10.2. The number of hydrogen-bond acceptors (Lipinski definition) is 3. The molecule has 4 N–H and O–H groups in total. The number of anilines is 2. The number of nitrogen functional groups attached to an aromatic ring is 1.